The number of nitrogens with one attached hydrogen (secondary N) is 1. The molecule has 0 saturated heterocycles. The first-order chi connectivity index (χ1) is 8.13. The molecule has 100 valence electrons. The summed E-state index contributed by atoms with van der Waals surface area (Å²) in [5, 5.41) is 14.2. The van der Waals surface area contributed by atoms with Gasteiger partial charge < -0.3 is 10.4 Å². The molecule has 2 N–H and O–H groups in total. The van der Waals surface area contributed by atoms with E-state index in [1.165, 1.54) is 38.5 Å². The molecular formula is C15H29NO. The maximum absolute atomic E-state index is 10.6. The molecule has 0 aromatic carbocycles. The SMILES string of the molecule is CCC1CCC(O)(CNC2CCCC2C)CC1. The predicted octanol–water partition coefficient (Wildman–Crippen LogP) is 3.10. The van der Waals surface area contributed by atoms with Gasteiger partial charge in [0.1, 0.15) is 0 Å². The minimum atomic E-state index is -0.409. The minimum Gasteiger partial charge on any atom is -0.389 e. The Balaban J connectivity index is 1.74. The van der Waals surface area contributed by atoms with E-state index in [-0.39, 0.29) is 0 Å². The second kappa shape index (κ2) is 5.71. The van der Waals surface area contributed by atoms with Crippen molar-refractivity contribution in [1.29, 1.82) is 0 Å². The number of hydrogen-bond donors (Lipinski definition) is 2. The van der Waals surface area contributed by atoms with Gasteiger partial charge in [0, 0.05) is 12.6 Å². The molecule has 2 atom stereocenters. The molecule has 0 amide bonds. The van der Waals surface area contributed by atoms with Crippen molar-refractivity contribution >= 4 is 0 Å². The summed E-state index contributed by atoms with van der Waals surface area (Å²) in [5.74, 6) is 1.66. The van der Waals surface area contributed by atoms with Gasteiger partial charge in [-0.25, -0.2) is 0 Å². The fourth-order valence-corrected chi connectivity index (χ4v) is 3.57. The summed E-state index contributed by atoms with van der Waals surface area (Å²) < 4.78 is 0. The molecule has 2 rings (SSSR count). The summed E-state index contributed by atoms with van der Waals surface area (Å²) in [6.07, 6.45) is 9.73. The summed E-state index contributed by atoms with van der Waals surface area (Å²) in [6.45, 7) is 5.43. The Hall–Kier alpha value is -0.0800. The van der Waals surface area contributed by atoms with Crippen molar-refractivity contribution in [3.05, 3.63) is 0 Å². The molecule has 0 spiro atoms. The van der Waals surface area contributed by atoms with E-state index in [1.54, 1.807) is 0 Å². The molecule has 0 aliphatic heterocycles. The van der Waals surface area contributed by atoms with Gasteiger partial charge in [-0.15, -0.1) is 0 Å². The van der Waals surface area contributed by atoms with Crippen LogP contribution in [0.2, 0.25) is 0 Å². The fraction of sp³-hybridized carbons (Fsp3) is 1.00. The lowest BCUT2D eigenvalue weighted by Gasteiger charge is -2.37. The largest absolute Gasteiger partial charge is 0.389 e. The van der Waals surface area contributed by atoms with Crippen molar-refractivity contribution in [2.75, 3.05) is 6.54 Å². The van der Waals surface area contributed by atoms with E-state index < -0.39 is 5.60 Å². The summed E-state index contributed by atoms with van der Waals surface area (Å²) in [5.41, 5.74) is -0.409. The van der Waals surface area contributed by atoms with Gasteiger partial charge in [-0.2, -0.15) is 0 Å². The summed E-state index contributed by atoms with van der Waals surface area (Å²) in [4.78, 5) is 0. The van der Waals surface area contributed by atoms with Gasteiger partial charge in [-0.05, 0) is 50.4 Å². The zero-order valence-electron chi connectivity index (χ0n) is 11.5. The Kier molecular flexibility index (Phi) is 4.48. The van der Waals surface area contributed by atoms with Crippen LogP contribution in [-0.4, -0.2) is 23.3 Å². The van der Waals surface area contributed by atoms with Crippen LogP contribution in [-0.2, 0) is 0 Å². The van der Waals surface area contributed by atoms with Crippen molar-refractivity contribution in [3.63, 3.8) is 0 Å². The molecule has 2 nitrogen and oxygen atoms in total. The van der Waals surface area contributed by atoms with Crippen molar-refractivity contribution < 1.29 is 5.11 Å². The van der Waals surface area contributed by atoms with E-state index >= 15 is 0 Å². The van der Waals surface area contributed by atoms with Crippen molar-refractivity contribution in [2.24, 2.45) is 11.8 Å². The van der Waals surface area contributed by atoms with E-state index in [2.05, 4.69) is 19.2 Å². The summed E-state index contributed by atoms with van der Waals surface area (Å²) in [6, 6.07) is 0.655. The highest BCUT2D eigenvalue weighted by atomic mass is 16.3. The molecule has 2 aliphatic rings. The lowest BCUT2D eigenvalue weighted by molar-refractivity contribution is -0.0113. The predicted molar refractivity (Wildman–Crippen MR) is 72.0 cm³/mol. The maximum Gasteiger partial charge on any atom is 0.0771 e. The Morgan fingerprint density at radius 3 is 2.41 bits per heavy atom. The van der Waals surface area contributed by atoms with E-state index in [1.807, 2.05) is 0 Å². The topological polar surface area (TPSA) is 32.3 Å². The second-order valence-electron chi connectivity index (χ2n) is 6.47. The Morgan fingerprint density at radius 2 is 1.88 bits per heavy atom. The van der Waals surface area contributed by atoms with Gasteiger partial charge in [0.05, 0.1) is 5.60 Å². The first-order valence-electron chi connectivity index (χ1n) is 7.59. The Bertz CT molecular complexity index is 233. The number of rotatable bonds is 4. The zero-order chi connectivity index (χ0) is 12.3. The first kappa shape index (κ1) is 13.4. The molecule has 2 unspecified atom stereocenters. The number of aliphatic hydroxyl groups is 1. The maximum atomic E-state index is 10.6. The van der Waals surface area contributed by atoms with Crippen LogP contribution in [0.3, 0.4) is 0 Å². The highest BCUT2D eigenvalue weighted by Gasteiger charge is 2.34. The van der Waals surface area contributed by atoms with E-state index in [0.717, 1.165) is 31.2 Å². The van der Waals surface area contributed by atoms with Gasteiger partial charge in [-0.3, -0.25) is 0 Å². The first-order valence-corrected chi connectivity index (χ1v) is 7.59. The summed E-state index contributed by atoms with van der Waals surface area (Å²) >= 11 is 0. The van der Waals surface area contributed by atoms with Crippen LogP contribution in [0, 0.1) is 11.8 Å². The van der Waals surface area contributed by atoms with Gasteiger partial charge in [0.25, 0.3) is 0 Å². The van der Waals surface area contributed by atoms with Crippen molar-refractivity contribution in [3.8, 4) is 0 Å². The molecule has 2 heteroatoms. The third kappa shape index (κ3) is 3.45. The van der Waals surface area contributed by atoms with Crippen LogP contribution >= 0.6 is 0 Å². The lowest BCUT2D eigenvalue weighted by Crippen LogP contribution is -2.47. The highest BCUT2D eigenvalue weighted by molar-refractivity contribution is 4.90. The van der Waals surface area contributed by atoms with Crippen LogP contribution in [0.15, 0.2) is 0 Å². The average Bonchev–Trinajstić information content (AvgIpc) is 2.74. The van der Waals surface area contributed by atoms with E-state index in [4.69, 9.17) is 0 Å². The third-order valence-corrected chi connectivity index (χ3v) is 5.17. The minimum absolute atomic E-state index is 0.409. The van der Waals surface area contributed by atoms with Crippen molar-refractivity contribution in [1.82, 2.24) is 5.32 Å². The van der Waals surface area contributed by atoms with Crippen LogP contribution < -0.4 is 5.32 Å². The van der Waals surface area contributed by atoms with Crippen LogP contribution in [0.5, 0.6) is 0 Å². The molecule has 0 radical (unpaired) electrons. The molecule has 2 fully saturated rings. The third-order valence-electron chi connectivity index (χ3n) is 5.17. The second-order valence-corrected chi connectivity index (χ2v) is 6.47. The van der Waals surface area contributed by atoms with Gasteiger partial charge >= 0.3 is 0 Å². The quantitative estimate of drug-likeness (QED) is 0.790. The molecule has 17 heavy (non-hydrogen) atoms. The smallest absolute Gasteiger partial charge is 0.0771 e. The van der Waals surface area contributed by atoms with Gasteiger partial charge in [-0.1, -0.05) is 26.7 Å². The van der Waals surface area contributed by atoms with Crippen LogP contribution in [0.1, 0.15) is 65.2 Å². The monoisotopic (exact) mass is 239 g/mol. The zero-order valence-corrected chi connectivity index (χ0v) is 11.5. The molecule has 0 bridgehead atoms. The van der Waals surface area contributed by atoms with E-state index in [0.29, 0.717) is 6.04 Å². The molecular weight excluding hydrogens is 210 g/mol. The molecule has 0 aromatic rings. The van der Waals surface area contributed by atoms with Crippen LogP contribution in [0.4, 0.5) is 0 Å². The van der Waals surface area contributed by atoms with E-state index in [9.17, 15) is 5.11 Å². The number of hydrogen-bond acceptors (Lipinski definition) is 2. The standard InChI is InChI=1S/C15H29NO/c1-3-13-7-9-15(17,10-8-13)11-16-14-6-4-5-12(14)2/h12-14,16-17H,3-11H2,1-2H3. The Morgan fingerprint density at radius 1 is 1.18 bits per heavy atom. The average molecular weight is 239 g/mol. The molecule has 2 aliphatic carbocycles. The fourth-order valence-electron chi connectivity index (χ4n) is 3.57. The van der Waals surface area contributed by atoms with Crippen LogP contribution in [0.25, 0.3) is 0 Å². The molecule has 2 saturated carbocycles. The lowest BCUT2D eigenvalue weighted by atomic mass is 9.77. The normalized spacial score (nSPS) is 42.9. The summed E-state index contributed by atoms with van der Waals surface area (Å²) in [7, 11) is 0. The van der Waals surface area contributed by atoms with Crippen molar-refractivity contribution in [2.45, 2.75) is 76.9 Å². The molecule has 0 aromatic heterocycles. The van der Waals surface area contributed by atoms with Gasteiger partial charge in [0.2, 0.25) is 0 Å². The Labute approximate surface area is 106 Å². The molecule has 0 heterocycles. The van der Waals surface area contributed by atoms with Gasteiger partial charge in [0.15, 0.2) is 0 Å². The highest BCUT2D eigenvalue weighted by Crippen LogP contribution is 2.34.